The normalized spacial score (nSPS) is 18.5. The van der Waals surface area contributed by atoms with Gasteiger partial charge in [-0.05, 0) is 30.0 Å². The number of pyridine rings is 1. The lowest BCUT2D eigenvalue weighted by Crippen LogP contribution is -2.34. The second-order valence-electron chi connectivity index (χ2n) is 6.30. The molecule has 1 aromatic heterocycles. The van der Waals surface area contributed by atoms with Crippen LogP contribution in [0.15, 0.2) is 29.1 Å². The Morgan fingerprint density at radius 3 is 2.54 bits per heavy atom. The summed E-state index contributed by atoms with van der Waals surface area (Å²) in [5, 5.41) is -0.403. The molecule has 3 rings (SSSR count). The maximum Gasteiger partial charge on any atom is 0.416 e. The van der Waals surface area contributed by atoms with Crippen LogP contribution in [0.4, 0.5) is 13.2 Å². The van der Waals surface area contributed by atoms with E-state index in [1.165, 1.54) is 17.0 Å². The van der Waals surface area contributed by atoms with Crippen molar-refractivity contribution >= 4 is 26.6 Å². The number of H-pyrrole nitrogens is 1. The highest BCUT2D eigenvalue weighted by atomic mass is 32.2. The lowest BCUT2D eigenvalue weighted by Gasteiger charge is -2.16. The Kier molecular flexibility index (Phi) is 4.33. The number of carbonyl (C=O) groups is 1. The Balaban J connectivity index is 1.95. The van der Waals surface area contributed by atoms with E-state index in [9.17, 15) is 31.2 Å². The number of halogens is 3. The number of nitrogens with one attached hydrogen (secondary N) is 1. The fourth-order valence-electron chi connectivity index (χ4n) is 2.97. The number of rotatable bonds is 2. The molecule has 0 saturated carbocycles. The van der Waals surface area contributed by atoms with E-state index in [2.05, 4.69) is 4.98 Å². The summed E-state index contributed by atoms with van der Waals surface area (Å²) in [6.07, 6.45) is -3.17. The summed E-state index contributed by atoms with van der Waals surface area (Å²) >= 11 is 0. The first kappa shape index (κ1) is 18.4. The highest BCUT2D eigenvalue weighted by Crippen LogP contribution is 2.31. The SMILES string of the molecule is CS(=O)(=O)C1CCN(C(=O)c2cc3ccc(C(F)(F)F)cc3[nH]c2=O)C1. The van der Waals surface area contributed by atoms with Gasteiger partial charge in [0.2, 0.25) is 0 Å². The molecular weight excluding hydrogens is 373 g/mol. The molecule has 1 unspecified atom stereocenters. The molecule has 0 spiro atoms. The Morgan fingerprint density at radius 2 is 1.96 bits per heavy atom. The van der Waals surface area contributed by atoms with E-state index in [4.69, 9.17) is 0 Å². The molecule has 1 aliphatic heterocycles. The summed E-state index contributed by atoms with van der Waals surface area (Å²) in [5.41, 5.74) is -1.98. The predicted molar refractivity (Wildman–Crippen MR) is 88.7 cm³/mol. The van der Waals surface area contributed by atoms with Crippen molar-refractivity contribution in [1.82, 2.24) is 9.88 Å². The van der Waals surface area contributed by atoms with Gasteiger partial charge in [0.1, 0.15) is 5.56 Å². The van der Waals surface area contributed by atoms with Gasteiger partial charge in [-0.1, -0.05) is 6.07 Å². The van der Waals surface area contributed by atoms with Crippen LogP contribution in [0.2, 0.25) is 0 Å². The van der Waals surface area contributed by atoms with Gasteiger partial charge < -0.3 is 9.88 Å². The number of alkyl halides is 3. The molecule has 2 heterocycles. The first-order valence-electron chi connectivity index (χ1n) is 7.69. The summed E-state index contributed by atoms with van der Waals surface area (Å²) in [7, 11) is -3.30. The number of carbonyl (C=O) groups excluding carboxylic acids is 1. The molecule has 1 fully saturated rings. The molecule has 0 radical (unpaired) electrons. The molecular formula is C16H15F3N2O4S. The smallest absolute Gasteiger partial charge is 0.337 e. The van der Waals surface area contributed by atoms with E-state index in [1.807, 2.05) is 0 Å². The van der Waals surface area contributed by atoms with Crippen LogP contribution in [-0.4, -0.2) is 48.8 Å². The number of aromatic amines is 1. The topological polar surface area (TPSA) is 87.3 Å². The zero-order valence-electron chi connectivity index (χ0n) is 13.6. The van der Waals surface area contributed by atoms with Crippen molar-refractivity contribution in [3.05, 3.63) is 45.7 Å². The molecule has 0 aliphatic carbocycles. The van der Waals surface area contributed by atoms with Crippen LogP contribution >= 0.6 is 0 Å². The molecule has 2 aromatic rings. The van der Waals surface area contributed by atoms with E-state index in [1.54, 1.807) is 0 Å². The predicted octanol–water partition coefficient (Wildman–Crippen LogP) is 1.81. The van der Waals surface area contributed by atoms with Gasteiger partial charge >= 0.3 is 6.18 Å². The van der Waals surface area contributed by atoms with Gasteiger partial charge in [0.15, 0.2) is 9.84 Å². The largest absolute Gasteiger partial charge is 0.416 e. The van der Waals surface area contributed by atoms with Crippen LogP contribution in [0.3, 0.4) is 0 Å². The number of sulfone groups is 1. The van der Waals surface area contributed by atoms with E-state index in [0.29, 0.717) is 0 Å². The van der Waals surface area contributed by atoms with Gasteiger partial charge in [-0.25, -0.2) is 8.42 Å². The minimum Gasteiger partial charge on any atom is -0.337 e. The highest BCUT2D eigenvalue weighted by molar-refractivity contribution is 7.91. The van der Waals surface area contributed by atoms with Crippen molar-refractivity contribution < 1.29 is 26.4 Å². The molecule has 1 N–H and O–H groups in total. The monoisotopic (exact) mass is 388 g/mol. The summed E-state index contributed by atoms with van der Waals surface area (Å²) in [6.45, 7) is 0.184. The van der Waals surface area contributed by atoms with Gasteiger partial charge in [-0.2, -0.15) is 13.2 Å². The van der Waals surface area contributed by atoms with Crippen molar-refractivity contribution in [2.24, 2.45) is 0 Å². The second kappa shape index (κ2) is 6.11. The fourth-order valence-corrected chi connectivity index (χ4v) is 3.95. The van der Waals surface area contributed by atoms with Crippen molar-refractivity contribution in [2.45, 2.75) is 17.8 Å². The molecule has 0 bridgehead atoms. The summed E-state index contributed by atoms with van der Waals surface area (Å²) in [5.74, 6) is -0.640. The van der Waals surface area contributed by atoms with Crippen molar-refractivity contribution in [1.29, 1.82) is 0 Å². The molecule has 10 heteroatoms. The van der Waals surface area contributed by atoms with Gasteiger partial charge in [0, 0.05) is 24.9 Å². The minimum absolute atomic E-state index is 0.0118. The van der Waals surface area contributed by atoms with Gasteiger partial charge in [-0.3, -0.25) is 9.59 Å². The average molecular weight is 388 g/mol. The Bertz CT molecular complexity index is 1040. The molecule has 6 nitrogen and oxygen atoms in total. The molecule has 1 saturated heterocycles. The van der Waals surface area contributed by atoms with Crippen LogP contribution < -0.4 is 5.56 Å². The van der Waals surface area contributed by atoms with E-state index in [0.717, 1.165) is 18.4 Å². The molecule has 26 heavy (non-hydrogen) atoms. The summed E-state index contributed by atoms with van der Waals surface area (Å²) < 4.78 is 61.5. The van der Waals surface area contributed by atoms with Crippen LogP contribution in [0.5, 0.6) is 0 Å². The van der Waals surface area contributed by atoms with E-state index >= 15 is 0 Å². The Labute approximate surface area is 146 Å². The number of fused-ring (bicyclic) bond motifs is 1. The first-order chi connectivity index (χ1) is 12.0. The van der Waals surface area contributed by atoms with E-state index < -0.39 is 38.3 Å². The number of likely N-dealkylation sites (tertiary alicyclic amines) is 1. The highest BCUT2D eigenvalue weighted by Gasteiger charge is 2.34. The lowest BCUT2D eigenvalue weighted by atomic mass is 10.1. The van der Waals surface area contributed by atoms with Crippen molar-refractivity contribution in [2.75, 3.05) is 19.3 Å². The first-order valence-corrected chi connectivity index (χ1v) is 9.64. The van der Waals surface area contributed by atoms with Crippen LogP contribution in [-0.2, 0) is 16.0 Å². The summed E-state index contributed by atoms with van der Waals surface area (Å²) in [6, 6.07) is 4.07. The number of benzene rings is 1. The van der Waals surface area contributed by atoms with Gasteiger partial charge in [0.25, 0.3) is 11.5 Å². The third kappa shape index (κ3) is 3.46. The molecule has 1 atom stereocenters. The van der Waals surface area contributed by atoms with Gasteiger partial charge in [0.05, 0.1) is 10.8 Å². The van der Waals surface area contributed by atoms with Crippen molar-refractivity contribution in [3.8, 4) is 0 Å². The third-order valence-electron chi connectivity index (χ3n) is 4.44. The van der Waals surface area contributed by atoms with Crippen LogP contribution in [0.1, 0.15) is 22.3 Å². The minimum atomic E-state index is -4.55. The van der Waals surface area contributed by atoms with E-state index in [-0.39, 0.29) is 36.0 Å². The summed E-state index contributed by atoms with van der Waals surface area (Å²) in [4.78, 5) is 28.3. The lowest BCUT2D eigenvalue weighted by molar-refractivity contribution is -0.137. The number of amides is 1. The van der Waals surface area contributed by atoms with Crippen LogP contribution in [0, 0.1) is 0 Å². The number of nitrogens with zero attached hydrogens (tertiary/aromatic N) is 1. The average Bonchev–Trinajstić information content (AvgIpc) is 3.02. The standard InChI is InChI=1S/C16H15F3N2O4S/c1-26(24,25)11-4-5-21(8-11)15(23)12-6-9-2-3-10(16(17,18)19)7-13(9)20-14(12)22/h2-3,6-7,11H,4-5,8H2,1H3,(H,20,22). The molecule has 140 valence electrons. The number of aromatic nitrogens is 1. The Hall–Kier alpha value is -2.36. The maximum absolute atomic E-state index is 12.8. The number of hydrogen-bond acceptors (Lipinski definition) is 4. The zero-order valence-corrected chi connectivity index (χ0v) is 14.4. The van der Waals surface area contributed by atoms with Crippen LogP contribution in [0.25, 0.3) is 10.9 Å². The fraction of sp³-hybridized carbons (Fsp3) is 0.375. The zero-order chi connectivity index (χ0) is 19.3. The number of hydrogen-bond donors (Lipinski definition) is 1. The second-order valence-corrected chi connectivity index (χ2v) is 8.63. The maximum atomic E-state index is 12.8. The molecule has 1 aliphatic rings. The molecule has 1 amide bonds. The third-order valence-corrected chi connectivity index (χ3v) is 6.04. The van der Waals surface area contributed by atoms with Crippen molar-refractivity contribution in [3.63, 3.8) is 0 Å². The molecule has 1 aromatic carbocycles. The van der Waals surface area contributed by atoms with Gasteiger partial charge in [-0.15, -0.1) is 0 Å². The Morgan fingerprint density at radius 1 is 1.27 bits per heavy atom. The quantitative estimate of drug-likeness (QED) is 0.850.